The molecule has 0 N–H and O–H groups in total. The van der Waals surface area contributed by atoms with Crippen molar-refractivity contribution in [3.05, 3.63) is 0 Å². The normalized spacial score (nSPS) is 28.9. The minimum atomic E-state index is 0.355. The summed E-state index contributed by atoms with van der Waals surface area (Å²) in [6.07, 6.45) is 5.73. The van der Waals surface area contributed by atoms with Crippen LogP contribution in [0.1, 0.15) is 46.5 Å². The van der Waals surface area contributed by atoms with E-state index in [1.54, 1.807) is 0 Å². The molecule has 0 bridgehead atoms. The molecule has 0 atom stereocenters. The van der Waals surface area contributed by atoms with Gasteiger partial charge in [0.25, 0.3) is 0 Å². The molecule has 116 valence electrons. The van der Waals surface area contributed by atoms with Crippen molar-refractivity contribution in [3.63, 3.8) is 0 Å². The molecule has 0 aromatic rings. The van der Waals surface area contributed by atoms with Crippen molar-refractivity contribution in [2.45, 2.75) is 58.0 Å². The molecule has 0 radical (unpaired) electrons. The zero-order valence-corrected chi connectivity index (χ0v) is 13.8. The minimum Gasteiger partial charge on any atom is -0.301 e. The number of likely N-dealkylation sites (tertiary alicyclic amines) is 1. The molecular weight excluding hydrogens is 246 g/mol. The first-order chi connectivity index (χ1) is 9.52. The lowest BCUT2D eigenvalue weighted by Crippen LogP contribution is -2.55. The molecule has 2 heterocycles. The second kappa shape index (κ2) is 5.94. The summed E-state index contributed by atoms with van der Waals surface area (Å²) in [6.45, 7) is 16.3. The van der Waals surface area contributed by atoms with Crippen LogP contribution in [-0.4, -0.2) is 72.1 Å². The number of rotatable bonds is 3. The second-order valence-electron chi connectivity index (χ2n) is 8.17. The van der Waals surface area contributed by atoms with Crippen LogP contribution in [0.3, 0.4) is 0 Å². The maximum atomic E-state index is 2.78. The summed E-state index contributed by atoms with van der Waals surface area (Å²) >= 11 is 0. The van der Waals surface area contributed by atoms with Gasteiger partial charge in [0.05, 0.1) is 0 Å². The van der Waals surface area contributed by atoms with Crippen molar-refractivity contribution in [2.24, 2.45) is 5.92 Å². The molecule has 3 nitrogen and oxygen atoms in total. The van der Waals surface area contributed by atoms with Crippen LogP contribution in [0.5, 0.6) is 0 Å². The summed E-state index contributed by atoms with van der Waals surface area (Å²) in [4.78, 5) is 8.15. The highest BCUT2D eigenvalue weighted by atomic mass is 15.3. The monoisotopic (exact) mass is 279 g/mol. The fourth-order valence-corrected chi connectivity index (χ4v) is 3.88. The molecule has 2 saturated heterocycles. The van der Waals surface area contributed by atoms with E-state index in [-0.39, 0.29) is 0 Å². The Labute approximate surface area is 125 Å². The molecule has 1 aliphatic carbocycles. The van der Waals surface area contributed by atoms with Crippen molar-refractivity contribution >= 4 is 0 Å². The van der Waals surface area contributed by atoms with E-state index in [4.69, 9.17) is 0 Å². The quantitative estimate of drug-likeness (QED) is 0.785. The lowest BCUT2D eigenvalue weighted by molar-refractivity contribution is 0.0316. The maximum absolute atomic E-state index is 2.78. The van der Waals surface area contributed by atoms with E-state index >= 15 is 0 Å². The molecule has 0 amide bonds. The van der Waals surface area contributed by atoms with Crippen molar-refractivity contribution in [2.75, 3.05) is 45.8 Å². The zero-order chi connectivity index (χ0) is 14.2. The van der Waals surface area contributed by atoms with E-state index in [1.165, 1.54) is 71.5 Å². The summed E-state index contributed by atoms with van der Waals surface area (Å²) in [5.74, 6) is 1.05. The van der Waals surface area contributed by atoms with E-state index in [9.17, 15) is 0 Å². The Morgan fingerprint density at radius 2 is 1.40 bits per heavy atom. The highest BCUT2D eigenvalue weighted by molar-refractivity contribution is 4.88. The minimum absolute atomic E-state index is 0.355. The number of piperazine rings is 1. The van der Waals surface area contributed by atoms with Crippen LogP contribution in [0.2, 0.25) is 0 Å². The van der Waals surface area contributed by atoms with Gasteiger partial charge in [-0.1, -0.05) is 0 Å². The van der Waals surface area contributed by atoms with Gasteiger partial charge in [-0.2, -0.15) is 0 Å². The molecule has 3 rings (SSSR count). The van der Waals surface area contributed by atoms with Gasteiger partial charge in [-0.3, -0.25) is 9.80 Å². The van der Waals surface area contributed by atoms with E-state index in [2.05, 4.69) is 35.5 Å². The summed E-state index contributed by atoms with van der Waals surface area (Å²) in [7, 11) is 0. The van der Waals surface area contributed by atoms with Crippen LogP contribution >= 0.6 is 0 Å². The number of hydrogen-bond donors (Lipinski definition) is 0. The first-order valence-electron chi connectivity index (χ1n) is 8.74. The van der Waals surface area contributed by atoms with Crippen LogP contribution in [0.15, 0.2) is 0 Å². The largest absolute Gasteiger partial charge is 0.301 e. The molecule has 2 aliphatic heterocycles. The summed E-state index contributed by atoms with van der Waals surface area (Å²) in [6, 6.07) is 0.858. The number of nitrogens with zero attached hydrogens (tertiary/aromatic N) is 3. The predicted molar refractivity (Wildman–Crippen MR) is 85.1 cm³/mol. The third-order valence-corrected chi connectivity index (χ3v) is 5.55. The van der Waals surface area contributed by atoms with Crippen molar-refractivity contribution in [1.82, 2.24) is 14.7 Å². The van der Waals surface area contributed by atoms with Crippen molar-refractivity contribution in [1.29, 1.82) is 0 Å². The molecule has 0 spiro atoms. The lowest BCUT2D eigenvalue weighted by Gasteiger charge is -2.46. The average Bonchev–Trinajstić information content (AvgIpc) is 3.23. The Bertz CT molecular complexity index is 303. The molecule has 3 heteroatoms. The lowest BCUT2D eigenvalue weighted by atomic mass is 9.96. The highest BCUT2D eigenvalue weighted by Crippen LogP contribution is 2.30. The summed E-state index contributed by atoms with van der Waals surface area (Å²) in [5.41, 5.74) is 0.355. The average molecular weight is 279 g/mol. The summed E-state index contributed by atoms with van der Waals surface area (Å²) in [5, 5.41) is 0. The summed E-state index contributed by atoms with van der Waals surface area (Å²) < 4.78 is 0. The first-order valence-corrected chi connectivity index (χ1v) is 8.74. The third kappa shape index (κ3) is 3.75. The Kier molecular flexibility index (Phi) is 4.40. The van der Waals surface area contributed by atoms with E-state index in [0.29, 0.717) is 5.54 Å². The SMILES string of the molecule is CC(C)(C)N1CCC(N2CCN(CC3CC3)CC2)CC1. The number of hydrogen-bond acceptors (Lipinski definition) is 3. The number of piperidine rings is 1. The van der Waals surface area contributed by atoms with Gasteiger partial charge in [-0.15, -0.1) is 0 Å². The Balaban J connectivity index is 1.40. The molecule has 20 heavy (non-hydrogen) atoms. The van der Waals surface area contributed by atoms with Crippen LogP contribution < -0.4 is 0 Å². The third-order valence-electron chi connectivity index (χ3n) is 5.55. The zero-order valence-electron chi connectivity index (χ0n) is 13.8. The van der Waals surface area contributed by atoms with Gasteiger partial charge in [-0.05, 0) is 52.4 Å². The van der Waals surface area contributed by atoms with Gasteiger partial charge >= 0.3 is 0 Å². The molecule has 0 aromatic carbocycles. The van der Waals surface area contributed by atoms with Crippen LogP contribution in [-0.2, 0) is 0 Å². The second-order valence-corrected chi connectivity index (χ2v) is 8.17. The fourth-order valence-electron chi connectivity index (χ4n) is 3.88. The predicted octanol–water partition coefficient (Wildman–Crippen LogP) is 2.28. The Hall–Kier alpha value is -0.120. The van der Waals surface area contributed by atoms with Gasteiger partial charge in [0.2, 0.25) is 0 Å². The van der Waals surface area contributed by atoms with Gasteiger partial charge in [0.15, 0.2) is 0 Å². The van der Waals surface area contributed by atoms with Crippen molar-refractivity contribution < 1.29 is 0 Å². The van der Waals surface area contributed by atoms with Crippen LogP contribution in [0.4, 0.5) is 0 Å². The van der Waals surface area contributed by atoms with Gasteiger partial charge in [0.1, 0.15) is 0 Å². The molecular formula is C17H33N3. The first kappa shape index (κ1) is 14.8. The van der Waals surface area contributed by atoms with E-state index in [0.717, 1.165) is 12.0 Å². The van der Waals surface area contributed by atoms with Gasteiger partial charge in [-0.25, -0.2) is 0 Å². The Morgan fingerprint density at radius 3 is 1.90 bits per heavy atom. The van der Waals surface area contributed by atoms with Gasteiger partial charge in [0, 0.05) is 57.4 Å². The smallest absolute Gasteiger partial charge is 0.0125 e. The molecule has 0 aromatic heterocycles. The molecule has 3 fully saturated rings. The van der Waals surface area contributed by atoms with Crippen LogP contribution in [0, 0.1) is 5.92 Å². The maximum Gasteiger partial charge on any atom is 0.0125 e. The topological polar surface area (TPSA) is 9.72 Å². The Morgan fingerprint density at radius 1 is 0.800 bits per heavy atom. The fraction of sp³-hybridized carbons (Fsp3) is 1.00. The molecule has 3 aliphatic rings. The standard InChI is InChI=1S/C17H33N3/c1-17(2,3)20-8-6-16(7-9-20)19-12-10-18(11-13-19)14-15-4-5-15/h15-16H,4-14H2,1-3H3. The van der Waals surface area contributed by atoms with E-state index in [1.807, 2.05) is 0 Å². The van der Waals surface area contributed by atoms with E-state index < -0.39 is 0 Å². The van der Waals surface area contributed by atoms with Gasteiger partial charge < -0.3 is 4.90 Å². The molecule has 0 unspecified atom stereocenters. The van der Waals surface area contributed by atoms with Crippen LogP contribution in [0.25, 0.3) is 0 Å². The molecule has 1 saturated carbocycles. The highest BCUT2D eigenvalue weighted by Gasteiger charge is 2.32. The van der Waals surface area contributed by atoms with Crippen molar-refractivity contribution in [3.8, 4) is 0 Å².